The smallest absolute Gasteiger partial charge is 0.286 e. The largest absolute Gasteiger partial charge is 0.354 e. The van der Waals surface area contributed by atoms with Crippen LogP contribution in [0.25, 0.3) is 11.5 Å². The van der Waals surface area contributed by atoms with Crippen LogP contribution < -0.4 is 10.6 Å². The second kappa shape index (κ2) is 8.65. The van der Waals surface area contributed by atoms with E-state index in [-0.39, 0.29) is 23.2 Å². The highest BCUT2D eigenvalue weighted by atomic mass is 19.3. The second-order valence-electron chi connectivity index (χ2n) is 8.72. The van der Waals surface area contributed by atoms with Gasteiger partial charge in [0, 0.05) is 25.4 Å². The van der Waals surface area contributed by atoms with Crippen molar-refractivity contribution in [2.45, 2.75) is 45.0 Å². The van der Waals surface area contributed by atoms with Gasteiger partial charge < -0.3 is 10.6 Å². The summed E-state index contributed by atoms with van der Waals surface area (Å²) in [6.07, 6.45) is 3.90. The Labute approximate surface area is 190 Å². The molecule has 0 atom stereocenters. The van der Waals surface area contributed by atoms with Crippen molar-refractivity contribution in [3.63, 3.8) is 0 Å². The molecule has 2 N–H and O–H groups in total. The van der Waals surface area contributed by atoms with Gasteiger partial charge in [0.2, 0.25) is 11.9 Å². The third kappa shape index (κ3) is 5.55. The predicted octanol–water partition coefficient (Wildman–Crippen LogP) is 4.81. The normalized spacial score (nSPS) is 13.9. The summed E-state index contributed by atoms with van der Waals surface area (Å²) in [7, 11) is 0. The summed E-state index contributed by atoms with van der Waals surface area (Å²) in [5.41, 5.74) is 0.315. The Balaban J connectivity index is 1.69. The lowest BCUT2D eigenvalue weighted by atomic mass is 9.91. The van der Waals surface area contributed by atoms with E-state index in [0.717, 1.165) is 26.3 Å². The van der Waals surface area contributed by atoms with Crippen LogP contribution in [0.5, 0.6) is 0 Å². The molecule has 170 valence electrons. The molecule has 0 unspecified atom stereocenters. The minimum atomic E-state index is -3.09. The highest BCUT2D eigenvalue weighted by Crippen LogP contribution is 2.30. The lowest BCUT2D eigenvalue weighted by Gasteiger charge is -2.16. The number of nitriles is 1. The molecule has 1 aliphatic rings. The molecule has 0 spiro atoms. The number of rotatable bonds is 8. The van der Waals surface area contributed by atoms with Crippen molar-refractivity contribution in [1.82, 2.24) is 24.9 Å². The number of nitrogens with one attached hydrogen (secondary N) is 2. The Hall–Kier alpha value is -3.74. The molecular formula is C23H24F2N8. The van der Waals surface area contributed by atoms with E-state index in [0.29, 0.717) is 23.2 Å². The van der Waals surface area contributed by atoms with E-state index in [2.05, 4.69) is 41.6 Å². The van der Waals surface area contributed by atoms with Crippen LogP contribution in [0.4, 0.5) is 26.4 Å². The van der Waals surface area contributed by atoms with E-state index in [1.807, 2.05) is 0 Å². The summed E-state index contributed by atoms with van der Waals surface area (Å²) >= 11 is 0. The van der Waals surface area contributed by atoms with Crippen molar-refractivity contribution in [2.75, 3.05) is 17.2 Å². The first-order valence-electron chi connectivity index (χ1n) is 10.6. The van der Waals surface area contributed by atoms with Gasteiger partial charge in [0.25, 0.3) is 5.92 Å². The number of anilines is 3. The van der Waals surface area contributed by atoms with E-state index >= 15 is 0 Å². The Kier molecular flexibility index (Phi) is 5.89. The molecule has 0 radical (unpaired) electrons. The SMILES string of the molecule is CC(F)(F)c1cccc(-c2nc(NCC3CC3)nc(Nc3ccnc(C(C)(C)C#N)c3)n2)n1. The number of alkyl halides is 2. The zero-order valence-corrected chi connectivity index (χ0v) is 18.6. The molecule has 0 amide bonds. The summed E-state index contributed by atoms with van der Waals surface area (Å²) < 4.78 is 27.6. The van der Waals surface area contributed by atoms with Crippen LogP contribution in [-0.4, -0.2) is 31.5 Å². The maximum absolute atomic E-state index is 13.8. The van der Waals surface area contributed by atoms with E-state index in [9.17, 15) is 14.0 Å². The van der Waals surface area contributed by atoms with Crippen molar-refractivity contribution in [3.05, 3.63) is 47.9 Å². The summed E-state index contributed by atoms with van der Waals surface area (Å²) in [6, 6.07) is 10.1. The lowest BCUT2D eigenvalue weighted by Crippen LogP contribution is -2.16. The molecule has 3 aromatic heterocycles. The molecule has 1 aliphatic carbocycles. The molecule has 3 heterocycles. The molecule has 1 saturated carbocycles. The topological polar surface area (TPSA) is 112 Å². The summed E-state index contributed by atoms with van der Waals surface area (Å²) in [5.74, 6) is -1.78. The second-order valence-corrected chi connectivity index (χ2v) is 8.72. The van der Waals surface area contributed by atoms with Crippen molar-refractivity contribution >= 4 is 17.6 Å². The Morgan fingerprint density at radius 3 is 2.48 bits per heavy atom. The zero-order valence-electron chi connectivity index (χ0n) is 18.6. The van der Waals surface area contributed by atoms with Gasteiger partial charge >= 0.3 is 0 Å². The maximum atomic E-state index is 13.8. The van der Waals surface area contributed by atoms with Gasteiger partial charge in [-0.1, -0.05) is 6.07 Å². The van der Waals surface area contributed by atoms with E-state index in [1.54, 1.807) is 38.2 Å². The highest BCUT2D eigenvalue weighted by Gasteiger charge is 2.27. The van der Waals surface area contributed by atoms with Gasteiger partial charge in [0.15, 0.2) is 5.82 Å². The van der Waals surface area contributed by atoms with E-state index < -0.39 is 11.3 Å². The quantitative estimate of drug-likeness (QED) is 0.503. The molecule has 0 saturated heterocycles. The van der Waals surface area contributed by atoms with Crippen LogP contribution in [0.15, 0.2) is 36.5 Å². The molecule has 0 bridgehead atoms. The van der Waals surface area contributed by atoms with Crippen LogP contribution >= 0.6 is 0 Å². The number of halogens is 2. The highest BCUT2D eigenvalue weighted by molar-refractivity contribution is 5.59. The fraction of sp³-hybridized carbons (Fsp3) is 0.391. The van der Waals surface area contributed by atoms with Crippen molar-refractivity contribution in [2.24, 2.45) is 5.92 Å². The van der Waals surface area contributed by atoms with Crippen LogP contribution in [0, 0.1) is 17.2 Å². The van der Waals surface area contributed by atoms with Gasteiger partial charge in [0.1, 0.15) is 11.4 Å². The molecule has 3 aromatic rings. The molecule has 1 fully saturated rings. The Bertz CT molecular complexity index is 1200. The van der Waals surface area contributed by atoms with Gasteiger partial charge in [-0.15, -0.1) is 0 Å². The van der Waals surface area contributed by atoms with Crippen molar-refractivity contribution < 1.29 is 8.78 Å². The first-order chi connectivity index (χ1) is 15.6. The van der Waals surface area contributed by atoms with Gasteiger partial charge in [-0.3, -0.25) is 4.98 Å². The van der Waals surface area contributed by atoms with Crippen LogP contribution in [-0.2, 0) is 11.3 Å². The number of hydrogen-bond acceptors (Lipinski definition) is 8. The molecule has 8 nitrogen and oxygen atoms in total. The van der Waals surface area contributed by atoms with Gasteiger partial charge in [-0.2, -0.15) is 29.0 Å². The van der Waals surface area contributed by atoms with Gasteiger partial charge in [-0.05, 0) is 56.9 Å². The third-order valence-corrected chi connectivity index (χ3v) is 5.25. The summed E-state index contributed by atoms with van der Waals surface area (Å²) in [5, 5.41) is 15.7. The fourth-order valence-electron chi connectivity index (χ4n) is 3.02. The van der Waals surface area contributed by atoms with Crippen LogP contribution in [0.3, 0.4) is 0 Å². The molecule has 0 aromatic carbocycles. The number of nitrogens with zero attached hydrogens (tertiary/aromatic N) is 6. The monoisotopic (exact) mass is 450 g/mol. The van der Waals surface area contributed by atoms with E-state index in [1.165, 1.54) is 12.1 Å². The molecule has 10 heteroatoms. The van der Waals surface area contributed by atoms with Crippen molar-refractivity contribution in [1.29, 1.82) is 5.26 Å². The average molecular weight is 450 g/mol. The Morgan fingerprint density at radius 1 is 1.03 bits per heavy atom. The Morgan fingerprint density at radius 2 is 1.79 bits per heavy atom. The molecular weight excluding hydrogens is 426 g/mol. The van der Waals surface area contributed by atoms with Gasteiger partial charge in [0.05, 0.1) is 17.2 Å². The molecule has 4 rings (SSSR count). The molecule has 0 aliphatic heterocycles. The maximum Gasteiger partial charge on any atom is 0.286 e. The first kappa shape index (κ1) is 22.5. The van der Waals surface area contributed by atoms with Crippen LogP contribution in [0.2, 0.25) is 0 Å². The van der Waals surface area contributed by atoms with E-state index in [4.69, 9.17) is 0 Å². The van der Waals surface area contributed by atoms with Crippen LogP contribution in [0.1, 0.15) is 45.0 Å². The third-order valence-electron chi connectivity index (χ3n) is 5.25. The fourth-order valence-corrected chi connectivity index (χ4v) is 3.02. The number of aromatic nitrogens is 5. The first-order valence-corrected chi connectivity index (χ1v) is 10.6. The summed E-state index contributed by atoms with van der Waals surface area (Å²) in [6.45, 7) is 5.08. The number of pyridine rings is 2. The average Bonchev–Trinajstić information content (AvgIpc) is 3.62. The standard InChI is InChI=1S/C23H24F2N8/c1-22(2,13-26)18-11-15(9-10-27-18)29-21-32-19(31-20(33-21)28-12-14-7-8-14)16-5-4-6-17(30-16)23(3,24)25/h4-6,9-11,14H,7-8,12H2,1-3H3,(H2,27,28,29,31,32,33). The minimum absolute atomic E-state index is 0.170. The van der Waals surface area contributed by atoms with Gasteiger partial charge in [-0.25, -0.2) is 4.98 Å². The number of hydrogen-bond donors (Lipinski definition) is 2. The summed E-state index contributed by atoms with van der Waals surface area (Å²) in [4.78, 5) is 21.6. The molecule has 33 heavy (non-hydrogen) atoms. The van der Waals surface area contributed by atoms with Crippen molar-refractivity contribution in [3.8, 4) is 17.6 Å². The zero-order chi connectivity index (χ0) is 23.6. The minimum Gasteiger partial charge on any atom is -0.354 e. The lowest BCUT2D eigenvalue weighted by molar-refractivity contribution is 0.0129. The predicted molar refractivity (Wildman–Crippen MR) is 120 cm³/mol.